The van der Waals surface area contributed by atoms with Crippen LogP contribution in [0.15, 0.2) is 24.3 Å². The summed E-state index contributed by atoms with van der Waals surface area (Å²) in [4.78, 5) is 14.3. The number of piperidine rings is 1. The van der Waals surface area contributed by atoms with Crippen LogP contribution >= 0.6 is 0 Å². The normalized spacial score (nSPS) is 22.5. The molecule has 1 amide bonds. The number of nitrogens with one attached hydrogen (secondary N) is 1. The quantitative estimate of drug-likeness (QED) is 0.925. The van der Waals surface area contributed by atoms with Crippen molar-refractivity contribution in [1.82, 2.24) is 4.90 Å². The Labute approximate surface area is 126 Å². The van der Waals surface area contributed by atoms with Crippen molar-refractivity contribution in [2.24, 2.45) is 11.8 Å². The third-order valence-corrected chi connectivity index (χ3v) is 3.83. The second kappa shape index (κ2) is 7.24. The van der Waals surface area contributed by atoms with Crippen LogP contribution in [0.3, 0.4) is 0 Å². The highest BCUT2D eigenvalue weighted by atomic mass is 16.2. The fourth-order valence-corrected chi connectivity index (χ4v) is 3.12. The lowest BCUT2D eigenvalue weighted by molar-refractivity contribution is -0.117. The molecule has 1 aromatic carbocycles. The van der Waals surface area contributed by atoms with Gasteiger partial charge >= 0.3 is 0 Å². The maximum atomic E-state index is 12.1. The van der Waals surface area contributed by atoms with Crippen LogP contribution in [0.25, 0.3) is 0 Å². The maximum absolute atomic E-state index is 12.1. The predicted octanol–water partition coefficient (Wildman–Crippen LogP) is 2.67. The maximum Gasteiger partial charge on any atom is 0.238 e. The van der Waals surface area contributed by atoms with E-state index < -0.39 is 0 Å². The number of hydrogen-bond acceptors (Lipinski definition) is 3. The van der Waals surface area contributed by atoms with Gasteiger partial charge in [0.15, 0.2) is 0 Å². The first-order valence-corrected chi connectivity index (χ1v) is 7.55. The summed E-state index contributed by atoms with van der Waals surface area (Å²) in [5, 5.41) is 11.6. The third-order valence-electron chi connectivity index (χ3n) is 3.83. The zero-order valence-electron chi connectivity index (χ0n) is 12.8. The highest BCUT2D eigenvalue weighted by molar-refractivity contribution is 5.92. The van der Waals surface area contributed by atoms with E-state index in [2.05, 4.69) is 30.1 Å². The molecule has 1 N–H and O–H groups in total. The smallest absolute Gasteiger partial charge is 0.238 e. The van der Waals surface area contributed by atoms with Crippen LogP contribution in [0.5, 0.6) is 0 Å². The highest BCUT2D eigenvalue weighted by Gasteiger charge is 2.23. The summed E-state index contributed by atoms with van der Waals surface area (Å²) >= 11 is 0. The van der Waals surface area contributed by atoms with Gasteiger partial charge in [-0.15, -0.1) is 0 Å². The molecule has 4 heteroatoms. The summed E-state index contributed by atoms with van der Waals surface area (Å²) in [5.74, 6) is 1.35. The average molecular weight is 285 g/mol. The topological polar surface area (TPSA) is 56.1 Å². The zero-order valence-corrected chi connectivity index (χ0v) is 12.8. The summed E-state index contributed by atoms with van der Waals surface area (Å²) in [6.45, 7) is 6.94. The largest absolute Gasteiger partial charge is 0.325 e. The van der Waals surface area contributed by atoms with Crippen LogP contribution < -0.4 is 5.32 Å². The number of benzene rings is 1. The average Bonchev–Trinajstić information content (AvgIpc) is 2.40. The van der Waals surface area contributed by atoms with Crippen molar-refractivity contribution in [3.63, 3.8) is 0 Å². The van der Waals surface area contributed by atoms with Crippen molar-refractivity contribution < 1.29 is 4.79 Å². The van der Waals surface area contributed by atoms with Crippen LogP contribution in [-0.2, 0) is 11.2 Å². The van der Waals surface area contributed by atoms with Crippen molar-refractivity contribution in [3.05, 3.63) is 29.8 Å². The van der Waals surface area contributed by atoms with Gasteiger partial charge in [-0.2, -0.15) is 5.26 Å². The first-order valence-electron chi connectivity index (χ1n) is 7.55. The molecule has 1 aliphatic heterocycles. The molecule has 0 unspecified atom stereocenters. The van der Waals surface area contributed by atoms with Gasteiger partial charge in [0.1, 0.15) is 0 Å². The van der Waals surface area contributed by atoms with Gasteiger partial charge in [0, 0.05) is 18.8 Å². The van der Waals surface area contributed by atoms with Gasteiger partial charge in [-0.3, -0.25) is 9.69 Å². The number of nitriles is 1. The van der Waals surface area contributed by atoms with Crippen molar-refractivity contribution in [2.75, 3.05) is 25.0 Å². The van der Waals surface area contributed by atoms with E-state index in [4.69, 9.17) is 5.26 Å². The fraction of sp³-hybridized carbons (Fsp3) is 0.529. The lowest BCUT2D eigenvalue weighted by Crippen LogP contribution is -2.42. The Hall–Kier alpha value is -1.86. The monoisotopic (exact) mass is 285 g/mol. The summed E-state index contributed by atoms with van der Waals surface area (Å²) in [5.41, 5.74) is 1.76. The molecule has 0 bridgehead atoms. The van der Waals surface area contributed by atoms with E-state index >= 15 is 0 Å². The number of hydrogen-bond donors (Lipinski definition) is 1. The van der Waals surface area contributed by atoms with Crippen molar-refractivity contribution in [3.8, 4) is 6.07 Å². The Morgan fingerprint density at radius 1 is 1.29 bits per heavy atom. The molecule has 4 nitrogen and oxygen atoms in total. The summed E-state index contributed by atoms with van der Waals surface area (Å²) in [7, 11) is 0. The summed E-state index contributed by atoms with van der Waals surface area (Å²) in [6.07, 6.45) is 1.65. The predicted molar refractivity (Wildman–Crippen MR) is 83.8 cm³/mol. The minimum atomic E-state index is 0.0318. The number of anilines is 1. The molecule has 1 aliphatic rings. The lowest BCUT2D eigenvalue weighted by Gasteiger charge is -2.34. The molecule has 0 spiro atoms. The number of amides is 1. The Balaban J connectivity index is 1.85. The number of rotatable bonds is 4. The Kier molecular flexibility index (Phi) is 5.35. The molecule has 21 heavy (non-hydrogen) atoms. The minimum Gasteiger partial charge on any atom is -0.325 e. The Morgan fingerprint density at radius 3 is 2.48 bits per heavy atom. The minimum absolute atomic E-state index is 0.0318. The van der Waals surface area contributed by atoms with Crippen molar-refractivity contribution in [1.29, 1.82) is 5.26 Å². The third kappa shape index (κ3) is 4.87. The van der Waals surface area contributed by atoms with E-state index in [9.17, 15) is 4.79 Å². The lowest BCUT2D eigenvalue weighted by atomic mass is 9.92. The Bertz CT molecular complexity index is 508. The molecule has 0 saturated carbocycles. The van der Waals surface area contributed by atoms with Crippen molar-refractivity contribution in [2.45, 2.75) is 26.7 Å². The van der Waals surface area contributed by atoms with Gasteiger partial charge in [-0.25, -0.2) is 0 Å². The Morgan fingerprint density at radius 2 is 1.90 bits per heavy atom. The van der Waals surface area contributed by atoms with Gasteiger partial charge in [0.05, 0.1) is 19.0 Å². The number of nitrogens with zero attached hydrogens (tertiary/aromatic N) is 2. The van der Waals surface area contributed by atoms with Crippen LogP contribution in [0, 0.1) is 23.2 Å². The van der Waals surface area contributed by atoms with E-state index in [1.165, 1.54) is 6.42 Å². The van der Waals surface area contributed by atoms with Crippen LogP contribution in [0.2, 0.25) is 0 Å². The van der Waals surface area contributed by atoms with E-state index in [0.29, 0.717) is 24.8 Å². The molecule has 0 radical (unpaired) electrons. The van der Waals surface area contributed by atoms with Crippen molar-refractivity contribution >= 4 is 11.6 Å². The first kappa shape index (κ1) is 15.5. The molecule has 2 atom stereocenters. The van der Waals surface area contributed by atoms with Gasteiger partial charge in [0.2, 0.25) is 5.91 Å². The molecule has 112 valence electrons. The number of carbonyl (C=O) groups excluding carboxylic acids is 1. The summed E-state index contributed by atoms with van der Waals surface area (Å²) in [6, 6.07) is 9.58. The first-order chi connectivity index (χ1) is 10.1. The van der Waals surface area contributed by atoms with Crippen LogP contribution in [0.1, 0.15) is 25.8 Å². The van der Waals surface area contributed by atoms with Crippen LogP contribution in [-0.4, -0.2) is 30.4 Å². The molecule has 0 aliphatic carbocycles. The highest BCUT2D eigenvalue weighted by Crippen LogP contribution is 2.20. The van der Waals surface area contributed by atoms with E-state index in [-0.39, 0.29) is 5.91 Å². The molecule has 0 aromatic heterocycles. The second-order valence-corrected chi connectivity index (χ2v) is 6.22. The fourth-order valence-electron chi connectivity index (χ4n) is 3.12. The van der Waals surface area contributed by atoms with Gasteiger partial charge < -0.3 is 5.32 Å². The molecule has 2 rings (SSSR count). The van der Waals surface area contributed by atoms with Gasteiger partial charge in [-0.1, -0.05) is 26.0 Å². The molecular weight excluding hydrogens is 262 g/mol. The zero-order chi connectivity index (χ0) is 15.2. The molecule has 1 aromatic rings. The van der Waals surface area contributed by atoms with E-state index in [1.807, 2.05) is 24.3 Å². The molecule has 1 saturated heterocycles. The second-order valence-electron chi connectivity index (χ2n) is 6.22. The van der Waals surface area contributed by atoms with E-state index in [0.717, 1.165) is 24.3 Å². The molecular formula is C17H23N3O. The standard InChI is InChI=1S/C17H23N3O/c1-13-9-14(2)11-20(10-13)12-17(21)19-16-5-3-15(4-6-16)7-8-18/h3-6,13-14H,7,9-12H2,1-2H3,(H,19,21)/t13-,14-/m1/s1. The molecule has 1 heterocycles. The van der Waals surface area contributed by atoms with Gasteiger partial charge in [0.25, 0.3) is 0 Å². The summed E-state index contributed by atoms with van der Waals surface area (Å²) < 4.78 is 0. The number of carbonyl (C=O) groups is 1. The molecule has 1 fully saturated rings. The van der Waals surface area contributed by atoms with E-state index in [1.54, 1.807) is 0 Å². The van der Waals surface area contributed by atoms with Crippen LogP contribution in [0.4, 0.5) is 5.69 Å². The number of likely N-dealkylation sites (tertiary alicyclic amines) is 1. The van der Waals surface area contributed by atoms with Gasteiger partial charge in [-0.05, 0) is 36.0 Å². The SMILES string of the molecule is C[C@@H]1C[C@@H](C)CN(CC(=O)Nc2ccc(CC#N)cc2)C1.